The smallest absolute Gasteiger partial charge is 0.250 e. The van der Waals surface area contributed by atoms with E-state index < -0.39 is 0 Å². The maximum Gasteiger partial charge on any atom is 0.250 e. The van der Waals surface area contributed by atoms with Crippen molar-refractivity contribution >= 4 is 29.9 Å². The molecule has 0 bridgehead atoms. The Morgan fingerprint density at radius 2 is 1.78 bits per heavy atom. The molecule has 3 aromatic rings. The highest BCUT2D eigenvalue weighted by Crippen LogP contribution is 2.19. The summed E-state index contributed by atoms with van der Waals surface area (Å²) in [7, 11) is 3.47. The SMILES string of the molecule is CN=C(NCCc1cc(C)ccc1OC)NCc1ccc(Cn2ccccc2=O)cc1.I. The summed E-state index contributed by atoms with van der Waals surface area (Å²) < 4.78 is 7.15. The van der Waals surface area contributed by atoms with Crippen LogP contribution in [0.3, 0.4) is 0 Å². The third-order valence-corrected chi connectivity index (χ3v) is 5.08. The van der Waals surface area contributed by atoms with Crippen LogP contribution in [0.4, 0.5) is 0 Å². The molecule has 2 aromatic carbocycles. The summed E-state index contributed by atoms with van der Waals surface area (Å²) in [6.45, 7) is 4.07. The average Bonchev–Trinajstić information content (AvgIpc) is 2.79. The van der Waals surface area contributed by atoms with E-state index in [9.17, 15) is 4.79 Å². The third kappa shape index (κ3) is 7.40. The van der Waals surface area contributed by atoms with Gasteiger partial charge in [0.2, 0.25) is 0 Å². The molecule has 0 unspecified atom stereocenters. The van der Waals surface area contributed by atoms with E-state index in [1.54, 1.807) is 37.1 Å². The van der Waals surface area contributed by atoms with Crippen LogP contribution >= 0.6 is 24.0 Å². The van der Waals surface area contributed by atoms with Crippen LogP contribution in [0.5, 0.6) is 5.75 Å². The summed E-state index contributed by atoms with van der Waals surface area (Å²) in [6, 6.07) is 19.7. The van der Waals surface area contributed by atoms with Crippen molar-refractivity contribution in [2.45, 2.75) is 26.4 Å². The minimum atomic E-state index is 0. The molecule has 7 heteroatoms. The number of pyridine rings is 1. The summed E-state index contributed by atoms with van der Waals surface area (Å²) >= 11 is 0. The van der Waals surface area contributed by atoms with Crippen LogP contribution in [-0.2, 0) is 19.5 Å². The lowest BCUT2D eigenvalue weighted by Crippen LogP contribution is -2.37. The number of nitrogens with one attached hydrogen (secondary N) is 2. The minimum absolute atomic E-state index is 0. The summed E-state index contributed by atoms with van der Waals surface area (Å²) in [5.41, 5.74) is 4.64. The van der Waals surface area contributed by atoms with Gasteiger partial charge in [0.15, 0.2) is 5.96 Å². The lowest BCUT2D eigenvalue weighted by Gasteiger charge is -2.14. The molecule has 6 nitrogen and oxygen atoms in total. The van der Waals surface area contributed by atoms with E-state index in [2.05, 4.69) is 58.9 Å². The lowest BCUT2D eigenvalue weighted by molar-refractivity contribution is 0.409. The van der Waals surface area contributed by atoms with Gasteiger partial charge >= 0.3 is 0 Å². The maximum absolute atomic E-state index is 11.9. The van der Waals surface area contributed by atoms with Gasteiger partial charge in [-0.25, -0.2) is 0 Å². The summed E-state index contributed by atoms with van der Waals surface area (Å²) in [5.74, 6) is 1.67. The van der Waals surface area contributed by atoms with Gasteiger partial charge in [-0.2, -0.15) is 0 Å². The molecule has 0 spiro atoms. The Labute approximate surface area is 206 Å². The second-order valence-electron chi connectivity index (χ2n) is 7.40. The van der Waals surface area contributed by atoms with Crippen LogP contribution in [0.1, 0.15) is 22.3 Å². The van der Waals surface area contributed by atoms with E-state index in [0.717, 1.165) is 35.8 Å². The number of aromatic nitrogens is 1. The van der Waals surface area contributed by atoms with Gasteiger partial charge in [0.1, 0.15) is 5.75 Å². The van der Waals surface area contributed by atoms with Crippen molar-refractivity contribution in [1.29, 1.82) is 0 Å². The molecule has 32 heavy (non-hydrogen) atoms. The van der Waals surface area contributed by atoms with E-state index in [1.807, 2.05) is 12.1 Å². The van der Waals surface area contributed by atoms with Gasteiger partial charge in [-0.1, -0.05) is 48.0 Å². The fourth-order valence-corrected chi connectivity index (χ4v) is 3.38. The molecule has 0 aliphatic heterocycles. The van der Waals surface area contributed by atoms with Crippen molar-refractivity contribution in [2.75, 3.05) is 20.7 Å². The summed E-state index contributed by atoms with van der Waals surface area (Å²) in [5, 5.41) is 6.70. The molecule has 0 atom stereocenters. The predicted octanol–water partition coefficient (Wildman–Crippen LogP) is 3.74. The van der Waals surface area contributed by atoms with Crippen LogP contribution in [0.25, 0.3) is 0 Å². The molecular weight excluding hydrogens is 515 g/mol. The first-order valence-corrected chi connectivity index (χ1v) is 10.4. The van der Waals surface area contributed by atoms with Crippen molar-refractivity contribution < 1.29 is 4.74 Å². The predicted molar refractivity (Wildman–Crippen MR) is 141 cm³/mol. The van der Waals surface area contributed by atoms with Crippen molar-refractivity contribution in [2.24, 2.45) is 4.99 Å². The number of halogens is 1. The second kappa shape index (κ2) is 12.9. The monoisotopic (exact) mass is 546 g/mol. The summed E-state index contributed by atoms with van der Waals surface area (Å²) in [6.07, 6.45) is 2.65. The number of ether oxygens (including phenoxy) is 1. The average molecular weight is 546 g/mol. The highest BCUT2D eigenvalue weighted by Gasteiger charge is 2.05. The fourth-order valence-electron chi connectivity index (χ4n) is 3.38. The van der Waals surface area contributed by atoms with Gasteiger partial charge in [0, 0.05) is 32.4 Å². The second-order valence-corrected chi connectivity index (χ2v) is 7.40. The van der Waals surface area contributed by atoms with Crippen LogP contribution in [0, 0.1) is 6.92 Å². The molecule has 0 fully saturated rings. The first kappa shape index (κ1) is 25.5. The number of guanidine groups is 1. The highest BCUT2D eigenvalue weighted by molar-refractivity contribution is 14.0. The standard InChI is InChI=1S/C25H30N4O2.HI/c1-19-7-12-23(31-3)22(16-19)13-14-27-25(26-2)28-17-20-8-10-21(11-9-20)18-29-15-5-4-6-24(29)30;/h4-12,15-16H,13-14,17-18H2,1-3H3,(H2,26,27,28);1H. The Morgan fingerprint density at radius 1 is 1.03 bits per heavy atom. The van der Waals surface area contributed by atoms with Gasteiger partial charge < -0.3 is 19.9 Å². The molecule has 0 radical (unpaired) electrons. The third-order valence-electron chi connectivity index (χ3n) is 5.08. The Hall–Kier alpha value is -2.81. The zero-order chi connectivity index (χ0) is 22.1. The van der Waals surface area contributed by atoms with Crippen molar-refractivity contribution in [3.63, 3.8) is 0 Å². The normalized spacial score (nSPS) is 10.9. The molecule has 0 amide bonds. The van der Waals surface area contributed by atoms with E-state index in [0.29, 0.717) is 13.1 Å². The number of rotatable bonds is 8. The van der Waals surface area contributed by atoms with Gasteiger partial charge in [0.05, 0.1) is 13.7 Å². The van der Waals surface area contributed by atoms with E-state index in [1.165, 1.54) is 11.1 Å². The van der Waals surface area contributed by atoms with Crippen LogP contribution in [0.15, 0.2) is 76.6 Å². The molecule has 3 rings (SSSR count). The van der Waals surface area contributed by atoms with Crippen molar-refractivity contribution in [1.82, 2.24) is 15.2 Å². The summed E-state index contributed by atoms with van der Waals surface area (Å²) in [4.78, 5) is 16.2. The Bertz CT molecular complexity index is 1080. The Balaban J connectivity index is 0.00000363. The molecule has 0 aliphatic rings. The number of methoxy groups -OCH3 is 1. The quantitative estimate of drug-likeness (QED) is 0.257. The fraction of sp³-hybridized carbons (Fsp3) is 0.280. The van der Waals surface area contributed by atoms with Gasteiger partial charge in [0.25, 0.3) is 5.56 Å². The molecule has 2 N–H and O–H groups in total. The molecular formula is C25H31IN4O2. The first-order chi connectivity index (χ1) is 15.1. The topological polar surface area (TPSA) is 67.7 Å². The van der Waals surface area contributed by atoms with Gasteiger partial charge in [-0.05, 0) is 42.2 Å². The number of nitrogens with zero attached hydrogens (tertiary/aromatic N) is 2. The van der Waals surface area contributed by atoms with Crippen molar-refractivity contribution in [3.8, 4) is 5.75 Å². The molecule has 0 saturated carbocycles. The van der Waals surface area contributed by atoms with Gasteiger partial charge in [-0.3, -0.25) is 9.79 Å². The maximum atomic E-state index is 11.9. The number of aryl methyl sites for hydroxylation is 1. The van der Waals surface area contributed by atoms with E-state index >= 15 is 0 Å². The van der Waals surface area contributed by atoms with E-state index in [-0.39, 0.29) is 29.5 Å². The number of benzene rings is 2. The zero-order valence-electron chi connectivity index (χ0n) is 18.8. The number of hydrogen-bond acceptors (Lipinski definition) is 3. The Kier molecular flexibility index (Phi) is 10.3. The largest absolute Gasteiger partial charge is 0.496 e. The van der Waals surface area contributed by atoms with Gasteiger partial charge in [-0.15, -0.1) is 24.0 Å². The molecule has 0 saturated heterocycles. The number of hydrogen-bond donors (Lipinski definition) is 2. The molecule has 1 heterocycles. The number of aliphatic imine (C=N–C) groups is 1. The minimum Gasteiger partial charge on any atom is -0.496 e. The lowest BCUT2D eigenvalue weighted by atomic mass is 10.1. The van der Waals surface area contributed by atoms with E-state index in [4.69, 9.17) is 4.74 Å². The molecule has 0 aliphatic carbocycles. The molecule has 170 valence electrons. The van der Waals surface area contributed by atoms with Crippen LogP contribution in [0.2, 0.25) is 0 Å². The van der Waals surface area contributed by atoms with Crippen LogP contribution < -0.4 is 20.9 Å². The highest BCUT2D eigenvalue weighted by atomic mass is 127. The Morgan fingerprint density at radius 3 is 2.47 bits per heavy atom. The van der Waals surface area contributed by atoms with Crippen molar-refractivity contribution in [3.05, 3.63) is 99.5 Å². The molecule has 1 aromatic heterocycles. The zero-order valence-corrected chi connectivity index (χ0v) is 21.1. The van der Waals surface area contributed by atoms with Crippen LogP contribution in [-0.4, -0.2) is 31.2 Å². The first-order valence-electron chi connectivity index (χ1n) is 10.4.